The molecule has 0 spiro atoms. The number of hydrogen-bond donors (Lipinski definition) is 0. The van der Waals surface area contributed by atoms with Crippen LogP contribution in [0, 0.1) is 17.8 Å². The van der Waals surface area contributed by atoms with E-state index in [0.29, 0.717) is 12.3 Å². The average molecular weight is 239 g/mol. The van der Waals surface area contributed by atoms with Crippen molar-refractivity contribution in [2.75, 3.05) is 0 Å². The number of halogens is 2. The molecule has 15 heavy (non-hydrogen) atoms. The summed E-state index contributed by atoms with van der Waals surface area (Å²) in [5.41, 5.74) is 0. The normalized spacial score (nSPS) is 36.1. The molecule has 2 aliphatic rings. The Labute approximate surface area is 87.6 Å². The molecular formula is C9H13F2O3S-. The van der Waals surface area contributed by atoms with E-state index in [1.165, 1.54) is 0 Å². The first-order chi connectivity index (χ1) is 6.79. The molecule has 0 aromatic heterocycles. The maximum absolute atomic E-state index is 13.0. The van der Waals surface area contributed by atoms with Gasteiger partial charge in [0.25, 0.3) is 0 Å². The highest BCUT2D eigenvalue weighted by atomic mass is 32.2. The summed E-state index contributed by atoms with van der Waals surface area (Å²) in [5.74, 6) is 0.412. The van der Waals surface area contributed by atoms with E-state index in [1.54, 1.807) is 0 Å². The lowest BCUT2D eigenvalue weighted by Crippen LogP contribution is -2.32. The lowest BCUT2D eigenvalue weighted by molar-refractivity contribution is 0.0413. The molecule has 3 unspecified atom stereocenters. The second-order valence-corrected chi connectivity index (χ2v) is 6.24. The van der Waals surface area contributed by atoms with Gasteiger partial charge in [0.15, 0.2) is 10.1 Å². The lowest BCUT2D eigenvalue weighted by Gasteiger charge is -2.27. The molecule has 2 rings (SSSR count). The molecule has 0 radical (unpaired) electrons. The summed E-state index contributed by atoms with van der Waals surface area (Å²) in [5, 5.41) is -4.08. The van der Waals surface area contributed by atoms with Crippen molar-refractivity contribution in [2.45, 2.75) is 37.4 Å². The largest absolute Gasteiger partial charge is 0.743 e. The van der Waals surface area contributed by atoms with Crippen molar-refractivity contribution < 1.29 is 21.8 Å². The molecule has 6 heteroatoms. The first-order valence-corrected chi connectivity index (χ1v) is 6.53. The van der Waals surface area contributed by atoms with E-state index >= 15 is 0 Å². The smallest absolute Gasteiger partial charge is 0.334 e. The van der Waals surface area contributed by atoms with Crippen LogP contribution in [0.25, 0.3) is 0 Å². The van der Waals surface area contributed by atoms with Crippen molar-refractivity contribution in [1.82, 2.24) is 0 Å². The van der Waals surface area contributed by atoms with Gasteiger partial charge in [-0.15, -0.1) is 0 Å². The van der Waals surface area contributed by atoms with Gasteiger partial charge in [-0.2, -0.15) is 8.78 Å². The monoisotopic (exact) mass is 239 g/mol. The van der Waals surface area contributed by atoms with Crippen LogP contribution in [0.4, 0.5) is 8.78 Å². The minimum atomic E-state index is -5.49. The van der Waals surface area contributed by atoms with Gasteiger partial charge in [0, 0.05) is 6.42 Å². The second kappa shape index (κ2) is 3.38. The summed E-state index contributed by atoms with van der Waals surface area (Å²) in [7, 11) is -5.49. The minimum absolute atomic E-state index is 0.211. The third-order valence-electron chi connectivity index (χ3n) is 3.75. The fraction of sp³-hybridized carbons (Fsp3) is 1.00. The molecule has 2 saturated carbocycles. The Hall–Kier alpha value is -0.230. The van der Waals surface area contributed by atoms with Crippen LogP contribution in [0.1, 0.15) is 32.1 Å². The Morgan fingerprint density at radius 2 is 1.93 bits per heavy atom. The fourth-order valence-electron chi connectivity index (χ4n) is 3.03. The van der Waals surface area contributed by atoms with Crippen molar-refractivity contribution in [3.05, 3.63) is 0 Å². The van der Waals surface area contributed by atoms with E-state index < -0.39 is 21.8 Å². The quantitative estimate of drug-likeness (QED) is 0.707. The summed E-state index contributed by atoms with van der Waals surface area (Å²) in [6.45, 7) is 0. The molecule has 0 amide bonds. The van der Waals surface area contributed by atoms with Gasteiger partial charge in [-0.05, 0) is 37.0 Å². The highest BCUT2D eigenvalue weighted by molar-refractivity contribution is 7.86. The van der Waals surface area contributed by atoms with Gasteiger partial charge in [0.1, 0.15) is 0 Å². The Balaban J connectivity index is 2.04. The van der Waals surface area contributed by atoms with Crippen molar-refractivity contribution in [3.8, 4) is 0 Å². The van der Waals surface area contributed by atoms with E-state index in [0.717, 1.165) is 19.3 Å². The topological polar surface area (TPSA) is 57.2 Å². The van der Waals surface area contributed by atoms with E-state index in [-0.39, 0.29) is 11.8 Å². The molecule has 2 aliphatic carbocycles. The van der Waals surface area contributed by atoms with E-state index in [4.69, 9.17) is 0 Å². The minimum Gasteiger partial charge on any atom is -0.743 e. The SMILES string of the molecule is O=S(=O)([O-])C(F)(F)CC1CC2CCC1C2. The zero-order chi connectivity index (χ0) is 11.3. The molecule has 0 aromatic rings. The Kier molecular flexibility index (Phi) is 2.54. The van der Waals surface area contributed by atoms with Crippen molar-refractivity contribution in [1.29, 1.82) is 0 Å². The number of rotatable bonds is 3. The van der Waals surface area contributed by atoms with Gasteiger partial charge >= 0.3 is 5.25 Å². The number of fused-ring (bicyclic) bond motifs is 2. The van der Waals surface area contributed by atoms with Crippen LogP contribution in [0.15, 0.2) is 0 Å². The molecule has 3 nitrogen and oxygen atoms in total. The zero-order valence-electron chi connectivity index (χ0n) is 8.16. The maximum Gasteiger partial charge on any atom is 0.334 e. The Morgan fingerprint density at radius 1 is 1.27 bits per heavy atom. The van der Waals surface area contributed by atoms with Gasteiger partial charge in [-0.25, -0.2) is 8.42 Å². The molecular weight excluding hydrogens is 226 g/mol. The second-order valence-electron chi connectivity index (χ2n) is 4.73. The molecule has 0 saturated heterocycles. The molecule has 3 atom stereocenters. The summed E-state index contributed by atoms with van der Waals surface area (Å²) in [6, 6.07) is 0. The molecule has 2 fully saturated rings. The van der Waals surface area contributed by atoms with Gasteiger partial charge in [-0.1, -0.05) is 6.42 Å². The molecule has 0 N–H and O–H groups in total. The molecule has 2 bridgehead atoms. The number of alkyl halides is 2. The Bertz CT molecular complexity index is 352. The van der Waals surface area contributed by atoms with Crippen molar-refractivity contribution in [2.24, 2.45) is 17.8 Å². The molecule has 0 aliphatic heterocycles. The van der Waals surface area contributed by atoms with Crippen LogP contribution >= 0.6 is 0 Å². The number of hydrogen-bond acceptors (Lipinski definition) is 3. The van der Waals surface area contributed by atoms with Crippen LogP contribution in [0.5, 0.6) is 0 Å². The zero-order valence-corrected chi connectivity index (χ0v) is 8.97. The van der Waals surface area contributed by atoms with Gasteiger partial charge in [-0.3, -0.25) is 0 Å². The Morgan fingerprint density at radius 3 is 2.33 bits per heavy atom. The molecule has 0 aromatic carbocycles. The van der Waals surface area contributed by atoms with E-state index in [2.05, 4.69) is 0 Å². The maximum atomic E-state index is 13.0. The highest BCUT2D eigenvalue weighted by Crippen LogP contribution is 2.51. The highest BCUT2D eigenvalue weighted by Gasteiger charge is 2.47. The first-order valence-electron chi connectivity index (χ1n) is 5.13. The third-order valence-corrected chi connectivity index (χ3v) is 4.65. The summed E-state index contributed by atoms with van der Waals surface area (Å²) in [4.78, 5) is 0. The average Bonchev–Trinajstić information content (AvgIpc) is 2.61. The van der Waals surface area contributed by atoms with Crippen LogP contribution in [0.3, 0.4) is 0 Å². The fourth-order valence-corrected chi connectivity index (χ4v) is 3.45. The summed E-state index contributed by atoms with van der Waals surface area (Å²) >= 11 is 0. The standard InChI is InChI=1S/C9H14F2O3S/c10-9(11,15(12,13)14)5-8-4-6-1-2-7(8)3-6/h6-8H,1-5H2,(H,12,13,14)/p-1. The van der Waals surface area contributed by atoms with Crippen LogP contribution in [0.2, 0.25) is 0 Å². The predicted molar refractivity (Wildman–Crippen MR) is 48.2 cm³/mol. The van der Waals surface area contributed by atoms with Crippen molar-refractivity contribution >= 4 is 10.1 Å². The van der Waals surface area contributed by atoms with Gasteiger partial charge in [0.2, 0.25) is 0 Å². The van der Waals surface area contributed by atoms with Gasteiger partial charge in [0.05, 0.1) is 0 Å². The lowest BCUT2D eigenvalue weighted by atomic mass is 9.86. The first kappa shape index (κ1) is 11.3. The van der Waals surface area contributed by atoms with Crippen LogP contribution in [-0.2, 0) is 10.1 Å². The molecule has 0 heterocycles. The summed E-state index contributed by atoms with van der Waals surface area (Å²) in [6.07, 6.45) is 2.79. The third kappa shape index (κ3) is 2.01. The summed E-state index contributed by atoms with van der Waals surface area (Å²) < 4.78 is 57.0. The van der Waals surface area contributed by atoms with Crippen molar-refractivity contribution in [3.63, 3.8) is 0 Å². The molecule has 88 valence electrons. The predicted octanol–water partition coefficient (Wildman–Crippen LogP) is 1.95. The van der Waals surface area contributed by atoms with Gasteiger partial charge < -0.3 is 4.55 Å². The van der Waals surface area contributed by atoms with E-state index in [1.807, 2.05) is 0 Å². The van der Waals surface area contributed by atoms with Crippen LogP contribution < -0.4 is 0 Å². The van der Waals surface area contributed by atoms with Crippen LogP contribution in [-0.4, -0.2) is 18.2 Å². The van der Waals surface area contributed by atoms with E-state index in [9.17, 15) is 21.8 Å².